The summed E-state index contributed by atoms with van der Waals surface area (Å²) in [6.45, 7) is 1.67. The smallest absolute Gasteiger partial charge is 0.265 e. The normalized spacial score (nSPS) is 11.6. The largest absolute Gasteiger partial charge is 0.508 e. The summed E-state index contributed by atoms with van der Waals surface area (Å²) in [5.41, 5.74) is 0.536. The third kappa shape index (κ3) is 3.74. The lowest BCUT2D eigenvalue weighted by atomic mass is 10.2. The second-order valence-corrected chi connectivity index (χ2v) is 4.11. The molecule has 19 heavy (non-hydrogen) atoms. The Bertz CT molecular complexity index is 554. The van der Waals surface area contributed by atoms with E-state index in [1.165, 1.54) is 6.07 Å². The lowest BCUT2D eigenvalue weighted by Gasteiger charge is -2.14. The predicted octanol–water partition coefficient (Wildman–Crippen LogP) is 2.80. The number of amides is 1. The number of hydrogen-bond acceptors (Lipinski definition) is 3. The van der Waals surface area contributed by atoms with Crippen molar-refractivity contribution in [1.82, 2.24) is 0 Å². The van der Waals surface area contributed by atoms with Crippen LogP contribution in [0.5, 0.6) is 11.5 Å². The number of phenols is 1. The van der Waals surface area contributed by atoms with Crippen molar-refractivity contribution in [3.63, 3.8) is 0 Å². The van der Waals surface area contributed by atoms with Crippen molar-refractivity contribution in [3.8, 4) is 11.5 Å². The van der Waals surface area contributed by atoms with Gasteiger partial charge in [0.25, 0.3) is 5.91 Å². The van der Waals surface area contributed by atoms with Crippen molar-refractivity contribution in [2.75, 3.05) is 5.32 Å². The molecule has 0 radical (unpaired) electrons. The van der Waals surface area contributed by atoms with Gasteiger partial charge in [-0.2, -0.15) is 0 Å². The minimum atomic E-state index is -0.621. The number of benzene rings is 2. The van der Waals surface area contributed by atoms with Crippen LogP contribution in [0.4, 0.5) is 5.69 Å². The molecule has 0 aliphatic heterocycles. The Morgan fingerprint density at radius 2 is 1.89 bits per heavy atom. The molecule has 0 aromatic heterocycles. The van der Waals surface area contributed by atoms with E-state index in [2.05, 4.69) is 5.32 Å². The molecule has 1 amide bonds. The Morgan fingerprint density at radius 1 is 1.16 bits per heavy atom. The van der Waals surface area contributed by atoms with Crippen LogP contribution in [0.2, 0.25) is 0 Å². The average molecular weight is 257 g/mol. The molecule has 0 saturated heterocycles. The van der Waals surface area contributed by atoms with E-state index in [1.807, 2.05) is 18.2 Å². The van der Waals surface area contributed by atoms with Crippen LogP contribution < -0.4 is 10.1 Å². The third-order valence-corrected chi connectivity index (χ3v) is 2.54. The van der Waals surface area contributed by atoms with Gasteiger partial charge < -0.3 is 15.2 Å². The Balaban J connectivity index is 1.96. The van der Waals surface area contributed by atoms with Crippen molar-refractivity contribution in [2.45, 2.75) is 13.0 Å². The minimum absolute atomic E-state index is 0.106. The molecular weight excluding hydrogens is 242 g/mol. The van der Waals surface area contributed by atoms with Gasteiger partial charge in [-0.05, 0) is 31.2 Å². The molecular formula is C15H15NO3. The monoisotopic (exact) mass is 257 g/mol. The third-order valence-electron chi connectivity index (χ3n) is 2.54. The summed E-state index contributed by atoms with van der Waals surface area (Å²) < 4.78 is 5.50. The van der Waals surface area contributed by atoms with E-state index in [1.54, 1.807) is 37.3 Å². The van der Waals surface area contributed by atoms with E-state index >= 15 is 0 Å². The molecule has 0 fully saturated rings. The van der Waals surface area contributed by atoms with Crippen LogP contribution in [0.1, 0.15) is 6.92 Å². The summed E-state index contributed by atoms with van der Waals surface area (Å²) in [6.07, 6.45) is -0.621. The second-order valence-electron chi connectivity index (χ2n) is 4.11. The SMILES string of the molecule is CC(Oc1ccccc1)C(=O)Nc1cccc(O)c1. The molecule has 2 aromatic rings. The summed E-state index contributed by atoms with van der Waals surface area (Å²) in [5, 5.41) is 12.0. The molecule has 0 saturated carbocycles. The van der Waals surface area contributed by atoms with E-state index in [4.69, 9.17) is 4.74 Å². The van der Waals surface area contributed by atoms with Gasteiger partial charge in [0.1, 0.15) is 11.5 Å². The van der Waals surface area contributed by atoms with Crippen molar-refractivity contribution < 1.29 is 14.6 Å². The van der Waals surface area contributed by atoms with Crippen molar-refractivity contribution in [3.05, 3.63) is 54.6 Å². The van der Waals surface area contributed by atoms with Gasteiger partial charge in [-0.25, -0.2) is 0 Å². The number of carbonyl (C=O) groups is 1. The molecule has 1 atom stereocenters. The van der Waals surface area contributed by atoms with Crippen molar-refractivity contribution in [1.29, 1.82) is 0 Å². The lowest BCUT2D eigenvalue weighted by molar-refractivity contribution is -0.122. The van der Waals surface area contributed by atoms with Gasteiger partial charge >= 0.3 is 0 Å². The highest BCUT2D eigenvalue weighted by atomic mass is 16.5. The molecule has 0 spiro atoms. The van der Waals surface area contributed by atoms with Crippen LogP contribution in [0, 0.1) is 0 Å². The number of rotatable bonds is 4. The zero-order chi connectivity index (χ0) is 13.7. The van der Waals surface area contributed by atoms with Gasteiger partial charge in [-0.3, -0.25) is 4.79 Å². The number of ether oxygens (including phenoxy) is 1. The standard InChI is InChI=1S/C15H15NO3/c1-11(19-14-8-3-2-4-9-14)15(18)16-12-6-5-7-13(17)10-12/h2-11,17H,1H3,(H,16,18). The summed E-state index contributed by atoms with van der Waals surface area (Å²) in [7, 11) is 0. The lowest BCUT2D eigenvalue weighted by Crippen LogP contribution is -2.30. The van der Waals surface area contributed by atoms with Gasteiger partial charge in [0.05, 0.1) is 0 Å². The van der Waals surface area contributed by atoms with Crippen LogP contribution >= 0.6 is 0 Å². The van der Waals surface area contributed by atoms with Crippen LogP contribution in [0.3, 0.4) is 0 Å². The fraction of sp³-hybridized carbons (Fsp3) is 0.133. The maximum atomic E-state index is 11.9. The summed E-state index contributed by atoms with van der Waals surface area (Å²) in [5.74, 6) is 0.477. The number of hydrogen-bond donors (Lipinski definition) is 2. The number of aromatic hydroxyl groups is 1. The molecule has 2 aromatic carbocycles. The van der Waals surface area contributed by atoms with E-state index in [0.29, 0.717) is 11.4 Å². The van der Waals surface area contributed by atoms with Crippen LogP contribution in [-0.4, -0.2) is 17.1 Å². The first-order chi connectivity index (χ1) is 9.15. The number of nitrogens with one attached hydrogen (secondary N) is 1. The molecule has 0 aliphatic rings. The van der Waals surface area contributed by atoms with Gasteiger partial charge in [0, 0.05) is 11.8 Å². The zero-order valence-corrected chi connectivity index (χ0v) is 10.5. The summed E-state index contributed by atoms with van der Waals surface area (Å²) in [4.78, 5) is 11.9. The van der Waals surface area contributed by atoms with Crippen molar-refractivity contribution in [2.24, 2.45) is 0 Å². The van der Waals surface area contributed by atoms with E-state index in [-0.39, 0.29) is 11.7 Å². The highest BCUT2D eigenvalue weighted by Gasteiger charge is 2.14. The van der Waals surface area contributed by atoms with Gasteiger partial charge in [0.2, 0.25) is 0 Å². The van der Waals surface area contributed by atoms with Crippen LogP contribution in [0.15, 0.2) is 54.6 Å². The Kier molecular flexibility index (Phi) is 4.03. The molecule has 2 N–H and O–H groups in total. The van der Waals surface area contributed by atoms with Crippen molar-refractivity contribution >= 4 is 11.6 Å². The fourth-order valence-corrected chi connectivity index (χ4v) is 1.58. The first-order valence-electron chi connectivity index (χ1n) is 5.97. The topological polar surface area (TPSA) is 58.6 Å². The molecule has 0 bridgehead atoms. The zero-order valence-electron chi connectivity index (χ0n) is 10.5. The van der Waals surface area contributed by atoms with Gasteiger partial charge in [-0.15, -0.1) is 0 Å². The number of para-hydroxylation sites is 1. The number of phenolic OH excluding ortho intramolecular Hbond substituents is 1. The van der Waals surface area contributed by atoms with E-state index in [9.17, 15) is 9.90 Å². The average Bonchev–Trinajstić information content (AvgIpc) is 2.40. The Hall–Kier alpha value is -2.49. The van der Waals surface area contributed by atoms with E-state index < -0.39 is 6.10 Å². The minimum Gasteiger partial charge on any atom is -0.508 e. The molecule has 4 heteroatoms. The van der Waals surface area contributed by atoms with Crippen LogP contribution in [-0.2, 0) is 4.79 Å². The quantitative estimate of drug-likeness (QED) is 0.885. The molecule has 4 nitrogen and oxygen atoms in total. The maximum Gasteiger partial charge on any atom is 0.265 e. The van der Waals surface area contributed by atoms with E-state index in [0.717, 1.165) is 0 Å². The highest BCUT2D eigenvalue weighted by Crippen LogP contribution is 2.16. The predicted molar refractivity (Wildman–Crippen MR) is 73.3 cm³/mol. The number of carbonyl (C=O) groups excluding carboxylic acids is 1. The Labute approximate surface area is 111 Å². The van der Waals surface area contributed by atoms with Crippen LogP contribution in [0.25, 0.3) is 0 Å². The van der Waals surface area contributed by atoms with Gasteiger partial charge in [0.15, 0.2) is 6.10 Å². The first kappa shape index (κ1) is 13.0. The molecule has 1 unspecified atom stereocenters. The number of anilines is 1. The second kappa shape index (κ2) is 5.91. The molecule has 0 heterocycles. The molecule has 98 valence electrons. The Morgan fingerprint density at radius 3 is 2.58 bits per heavy atom. The fourth-order valence-electron chi connectivity index (χ4n) is 1.58. The van der Waals surface area contributed by atoms with Gasteiger partial charge in [-0.1, -0.05) is 24.3 Å². The summed E-state index contributed by atoms with van der Waals surface area (Å²) >= 11 is 0. The first-order valence-corrected chi connectivity index (χ1v) is 5.97. The molecule has 2 rings (SSSR count). The summed E-state index contributed by atoms with van der Waals surface area (Å²) in [6, 6.07) is 15.5. The highest BCUT2D eigenvalue weighted by molar-refractivity contribution is 5.94. The maximum absolute atomic E-state index is 11.9. The molecule has 0 aliphatic carbocycles.